The largest absolute Gasteiger partial charge is 0.491 e. The van der Waals surface area contributed by atoms with Crippen LogP contribution >= 0.6 is 0 Å². The molecule has 3 atom stereocenters. The number of rotatable bonds is 6. The first kappa shape index (κ1) is 16.3. The zero-order chi connectivity index (χ0) is 15.4. The number of aliphatic hydroxyl groups excluding tert-OH is 1. The van der Waals surface area contributed by atoms with Crippen LogP contribution in [0.2, 0.25) is 0 Å². The van der Waals surface area contributed by atoms with Gasteiger partial charge in [0.2, 0.25) is 0 Å². The van der Waals surface area contributed by atoms with E-state index < -0.39 is 6.10 Å². The van der Waals surface area contributed by atoms with Crippen molar-refractivity contribution >= 4 is 0 Å². The highest BCUT2D eigenvalue weighted by molar-refractivity contribution is 5.28. The van der Waals surface area contributed by atoms with E-state index >= 15 is 0 Å². The Balaban J connectivity index is 1.91. The second-order valence-corrected chi connectivity index (χ2v) is 6.12. The summed E-state index contributed by atoms with van der Waals surface area (Å²) in [5.74, 6) is 0.840. The van der Waals surface area contributed by atoms with Gasteiger partial charge in [0.05, 0.1) is 18.3 Å². The van der Waals surface area contributed by atoms with Crippen LogP contribution in [0.15, 0.2) is 24.3 Å². The summed E-state index contributed by atoms with van der Waals surface area (Å²) in [5, 5.41) is 10.4. The maximum atomic E-state index is 10.4. The smallest absolute Gasteiger partial charge is 0.119 e. The summed E-state index contributed by atoms with van der Waals surface area (Å²) in [6.45, 7) is 7.53. The summed E-state index contributed by atoms with van der Waals surface area (Å²) in [4.78, 5) is 2.20. The summed E-state index contributed by atoms with van der Waals surface area (Å²) in [5.41, 5.74) is 0.921. The summed E-state index contributed by atoms with van der Waals surface area (Å²) < 4.78 is 11.2. The number of ether oxygens (including phenoxy) is 2. The second-order valence-electron chi connectivity index (χ2n) is 6.12. The average Bonchev–Trinajstić information content (AvgIpc) is 2.85. The van der Waals surface area contributed by atoms with Crippen LogP contribution in [0.3, 0.4) is 0 Å². The minimum atomic E-state index is -0.490. The third kappa shape index (κ3) is 4.43. The highest BCUT2D eigenvalue weighted by Crippen LogP contribution is 2.23. The van der Waals surface area contributed by atoms with Crippen molar-refractivity contribution in [1.82, 2.24) is 4.90 Å². The molecule has 0 bridgehead atoms. The topological polar surface area (TPSA) is 41.9 Å². The van der Waals surface area contributed by atoms with Crippen LogP contribution in [-0.4, -0.2) is 48.5 Å². The zero-order valence-corrected chi connectivity index (χ0v) is 13.5. The van der Waals surface area contributed by atoms with Crippen molar-refractivity contribution in [2.45, 2.75) is 51.5 Å². The van der Waals surface area contributed by atoms with Gasteiger partial charge in [0.15, 0.2) is 0 Å². The fraction of sp³-hybridized carbons (Fsp3) is 0.647. The molecule has 0 aromatic heterocycles. The van der Waals surface area contributed by atoms with Crippen LogP contribution in [0.25, 0.3) is 0 Å². The Morgan fingerprint density at radius 1 is 1.33 bits per heavy atom. The molecule has 21 heavy (non-hydrogen) atoms. The molecule has 0 aliphatic carbocycles. The first-order valence-electron chi connectivity index (χ1n) is 7.74. The van der Waals surface area contributed by atoms with Crippen molar-refractivity contribution in [3.8, 4) is 5.75 Å². The molecule has 4 nitrogen and oxygen atoms in total. The highest BCUT2D eigenvalue weighted by atomic mass is 16.5. The first-order chi connectivity index (χ1) is 9.97. The van der Waals surface area contributed by atoms with E-state index in [2.05, 4.69) is 18.9 Å². The number of aliphatic hydroxyl groups is 1. The Kier molecular flexibility index (Phi) is 5.62. The van der Waals surface area contributed by atoms with Crippen molar-refractivity contribution in [3.63, 3.8) is 0 Å². The molecule has 0 radical (unpaired) electrons. The van der Waals surface area contributed by atoms with Crippen molar-refractivity contribution in [2.75, 3.05) is 20.2 Å². The molecule has 1 aromatic rings. The second kappa shape index (κ2) is 7.25. The lowest BCUT2D eigenvalue weighted by molar-refractivity contribution is 0.0579. The van der Waals surface area contributed by atoms with Gasteiger partial charge in [-0.05, 0) is 51.9 Å². The Bertz CT molecular complexity index is 432. The monoisotopic (exact) mass is 293 g/mol. The molecule has 1 heterocycles. The van der Waals surface area contributed by atoms with E-state index in [9.17, 15) is 5.11 Å². The molecule has 1 fully saturated rings. The van der Waals surface area contributed by atoms with E-state index in [1.54, 1.807) is 0 Å². The maximum absolute atomic E-state index is 10.4. The van der Waals surface area contributed by atoms with Gasteiger partial charge < -0.3 is 14.6 Å². The van der Waals surface area contributed by atoms with Crippen molar-refractivity contribution < 1.29 is 14.6 Å². The zero-order valence-electron chi connectivity index (χ0n) is 13.5. The number of benzene rings is 1. The number of hydrogen-bond donors (Lipinski definition) is 1. The molecule has 0 saturated carbocycles. The molecule has 1 saturated heterocycles. The van der Waals surface area contributed by atoms with Crippen molar-refractivity contribution in [1.29, 1.82) is 0 Å². The predicted molar refractivity (Wildman–Crippen MR) is 83.6 cm³/mol. The van der Waals surface area contributed by atoms with E-state index in [1.807, 2.05) is 38.1 Å². The third-order valence-electron chi connectivity index (χ3n) is 4.00. The summed E-state index contributed by atoms with van der Waals surface area (Å²) in [6, 6.07) is 8.10. The van der Waals surface area contributed by atoms with Crippen LogP contribution in [0.1, 0.15) is 38.9 Å². The molecular weight excluding hydrogens is 266 g/mol. The van der Waals surface area contributed by atoms with Crippen molar-refractivity contribution in [2.24, 2.45) is 0 Å². The summed E-state index contributed by atoms with van der Waals surface area (Å²) in [7, 11) is 2.05. The first-order valence-corrected chi connectivity index (χ1v) is 7.74. The summed E-state index contributed by atoms with van der Waals surface area (Å²) >= 11 is 0. The molecule has 3 unspecified atom stereocenters. The van der Waals surface area contributed by atoms with E-state index in [0.29, 0.717) is 12.6 Å². The predicted octanol–water partition coefficient (Wildman–Crippen LogP) is 2.62. The SMILES string of the molecule is CC(C)Oc1ccc(C(O)CN(C)C2CCOC2C)cc1. The van der Waals surface area contributed by atoms with Crippen molar-refractivity contribution in [3.05, 3.63) is 29.8 Å². The van der Waals surface area contributed by atoms with E-state index in [1.165, 1.54) is 0 Å². The lowest BCUT2D eigenvalue weighted by Gasteiger charge is -2.28. The molecule has 0 amide bonds. The Labute approximate surface area is 127 Å². The number of hydrogen-bond acceptors (Lipinski definition) is 4. The lowest BCUT2D eigenvalue weighted by Crippen LogP contribution is -2.39. The van der Waals surface area contributed by atoms with Gasteiger partial charge in [-0.25, -0.2) is 0 Å². The summed E-state index contributed by atoms with van der Waals surface area (Å²) in [6.07, 6.45) is 0.946. The minimum absolute atomic E-state index is 0.163. The quantitative estimate of drug-likeness (QED) is 0.875. The van der Waals surface area contributed by atoms with Gasteiger partial charge >= 0.3 is 0 Å². The Morgan fingerprint density at radius 3 is 2.52 bits per heavy atom. The van der Waals surface area contributed by atoms with E-state index in [-0.39, 0.29) is 12.2 Å². The van der Waals surface area contributed by atoms with Crippen LogP contribution in [0.4, 0.5) is 0 Å². The van der Waals surface area contributed by atoms with E-state index in [4.69, 9.17) is 9.47 Å². The molecule has 1 N–H and O–H groups in total. The van der Waals surface area contributed by atoms with Crippen LogP contribution in [-0.2, 0) is 4.74 Å². The molecule has 1 aromatic carbocycles. The van der Waals surface area contributed by atoms with Gasteiger partial charge in [-0.15, -0.1) is 0 Å². The van der Waals surface area contributed by atoms with Gasteiger partial charge in [-0.1, -0.05) is 12.1 Å². The minimum Gasteiger partial charge on any atom is -0.491 e. The van der Waals surface area contributed by atoms with Crippen LogP contribution in [0, 0.1) is 0 Å². The van der Waals surface area contributed by atoms with E-state index in [0.717, 1.165) is 24.3 Å². The van der Waals surface area contributed by atoms with Crippen LogP contribution in [0.5, 0.6) is 5.75 Å². The molecule has 2 rings (SSSR count). The van der Waals surface area contributed by atoms with Gasteiger partial charge in [0.25, 0.3) is 0 Å². The number of likely N-dealkylation sites (N-methyl/N-ethyl adjacent to an activating group) is 1. The fourth-order valence-corrected chi connectivity index (χ4v) is 2.85. The molecule has 4 heteroatoms. The normalized spacial score (nSPS) is 23.8. The molecule has 0 spiro atoms. The maximum Gasteiger partial charge on any atom is 0.119 e. The highest BCUT2D eigenvalue weighted by Gasteiger charge is 2.28. The lowest BCUT2D eigenvalue weighted by atomic mass is 10.1. The fourth-order valence-electron chi connectivity index (χ4n) is 2.85. The Morgan fingerprint density at radius 2 is 2.00 bits per heavy atom. The van der Waals surface area contributed by atoms with Gasteiger partial charge in [-0.3, -0.25) is 4.90 Å². The average molecular weight is 293 g/mol. The molecule has 1 aliphatic heterocycles. The molecule has 1 aliphatic rings. The molecular formula is C17H27NO3. The third-order valence-corrected chi connectivity index (χ3v) is 4.00. The van der Waals surface area contributed by atoms with Crippen LogP contribution < -0.4 is 4.74 Å². The van der Waals surface area contributed by atoms with Gasteiger partial charge in [-0.2, -0.15) is 0 Å². The van der Waals surface area contributed by atoms with Gasteiger partial charge in [0, 0.05) is 19.2 Å². The standard InChI is InChI=1S/C17H27NO3/c1-12(2)21-15-7-5-14(6-8-15)17(19)11-18(4)16-9-10-20-13(16)3/h5-8,12-13,16-17,19H,9-11H2,1-4H3. The Hall–Kier alpha value is -1.10. The molecule has 118 valence electrons. The number of nitrogens with zero attached hydrogens (tertiary/aromatic N) is 1. The van der Waals surface area contributed by atoms with Gasteiger partial charge in [0.1, 0.15) is 5.75 Å².